The number of likely N-dealkylation sites (N-methyl/N-ethyl adjacent to an activating group) is 1. The topological polar surface area (TPSA) is 61.6 Å². The zero-order valence-electron chi connectivity index (χ0n) is 13.4. The Labute approximate surface area is 126 Å². The van der Waals surface area contributed by atoms with E-state index in [0.717, 1.165) is 6.54 Å². The summed E-state index contributed by atoms with van der Waals surface area (Å²) in [6, 6.07) is 0.130. The molecule has 2 rings (SSSR count). The van der Waals surface area contributed by atoms with Crippen molar-refractivity contribution < 1.29 is 5.11 Å². The van der Waals surface area contributed by atoms with Gasteiger partial charge >= 0.3 is 0 Å². The summed E-state index contributed by atoms with van der Waals surface area (Å²) in [4.78, 5) is 20.9. The van der Waals surface area contributed by atoms with Crippen molar-refractivity contribution >= 4 is 5.82 Å². The molecule has 2 heterocycles. The lowest BCUT2D eigenvalue weighted by Gasteiger charge is -2.27. The predicted molar refractivity (Wildman–Crippen MR) is 83.6 cm³/mol. The molecule has 1 aromatic heterocycles. The molecule has 1 saturated heterocycles. The predicted octanol–water partition coefficient (Wildman–Crippen LogP) is 0.401. The molecular weight excluding hydrogens is 268 g/mol. The first-order valence-electron chi connectivity index (χ1n) is 7.53. The maximum absolute atomic E-state index is 12.6. The Morgan fingerprint density at radius 1 is 1.48 bits per heavy atom. The number of aliphatic hydroxyl groups excluding tert-OH is 1. The second kappa shape index (κ2) is 6.58. The van der Waals surface area contributed by atoms with Gasteiger partial charge in [0.1, 0.15) is 0 Å². The van der Waals surface area contributed by atoms with Crippen LogP contribution in [0.5, 0.6) is 0 Å². The van der Waals surface area contributed by atoms with E-state index >= 15 is 0 Å². The summed E-state index contributed by atoms with van der Waals surface area (Å²) in [6.07, 6.45) is 3.70. The Morgan fingerprint density at radius 2 is 2.19 bits per heavy atom. The summed E-state index contributed by atoms with van der Waals surface area (Å²) in [5.41, 5.74) is -0.0657. The van der Waals surface area contributed by atoms with E-state index < -0.39 is 6.10 Å². The van der Waals surface area contributed by atoms with Crippen molar-refractivity contribution in [2.75, 3.05) is 32.1 Å². The molecule has 0 aliphatic carbocycles. The van der Waals surface area contributed by atoms with Crippen LogP contribution in [-0.4, -0.2) is 58.9 Å². The molecule has 1 aliphatic heterocycles. The number of aliphatic hydroxyl groups is 1. The Hall–Kier alpha value is -1.40. The van der Waals surface area contributed by atoms with Crippen LogP contribution in [0.1, 0.15) is 20.3 Å². The van der Waals surface area contributed by atoms with Crippen molar-refractivity contribution in [3.05, 3.63) is 22.7 Å². The number of β-amino-alcohol motifs (C(OH)–C–C–N with tert-alkyl or cyclic N) is 1. The van der Waals surface area contributed by atoms with Gasteiger partial charge in [-0.1, -0.05) is 13.8 Å². The summed E-state index contributed by atoms with van der Waals surface area (Å²) in [5, 5.41) is 9.95. The minimum Gasteiger partial charge on any atom is -0.391 e. The van der Waals surface area contributed by atoms with Gasteiger partial charge in [-0.15, -0.1) is 0 Å². The number of hydrogen-bond acceptors (Lipinski definition) is 5. The van der Waals surface area contributed by atoms with Gasteiger partial charge in [0.25, 0.3) is 5.56 Å². The quantitative estimate of drug-likeness (QED) is 0.852. The molecule has 0 aromatic carbocycles. The largest absolute Gasteiger partial charge is 0.391 e. The highest BCUT2D eigenvalue weighted by atomic mass is 16.3. The molecule has 0 amide bonds. The SMILES string of the molecule is CC(C)Cn1ccnc(N2CC(O)CC2CN(C)C)c1=O. The summed E-state index contributed by atoms with van der Waals surface area (Å²) in [5.74, 6) is 0.862. The molecule has 1 fully saturated rings. The summed E-state index contributed by atoms with van der Waals surface area (Å²) in [7, 11) is 4.00. The van der Waals surface area contributed by atoms with E-state index in [4.69, 9.17) is 0 Å². The van der Waals surface area contributed by atoms with Gasteiger partial charge in [-0.25, -0.2) is 4.98 Å². The molecule has 118 valence electrons. The van der Waals surface area contributed by atoms with Crippen LogP contribution in [0.3, 0.4) is 0 Å². The zero-order valence-corrected chi connectivity index (χ0v) is 13.4. The van der Waals surface area contributed by atoms with E-state index in [-0.39, 0.29) is 11.6 Å². The lowest BCUT2D eigenvalue weighted by molar-refractivity contribution is 0.191. The Morgan fingerprint density at radius 3 is 2.81 bits per heavy atom. The maximum atomic E-state index is 12.6. The van der Waals surface area contributed by atoms with E-state index in [1.165, 1.54) is 0 Å². The maximum Gasteiger partial charge on any atom is 0.293 e. The van der Waals surface area contributed by atoms with Crippen LogP contribution in [-0.2, 0) is 6.54 Å². The molecule has 21 heavy (non-hydrogen) atoms. The van der Waals surface area contributed by atoms with E-state index in [2.05, 4.69) is 23.7 Å². The average molecular weight is 294 g/mol. The normalized spacial score (nSPS) is 22.5. The number of nitrogens with zero attached hydrogens (tertiary/aromatic N) is 4. The van der Waals surface area contributed by atoms with Crippen LogP contribution in [0.4, 0.5) is 5.82 Å². The molecule has 6 nitrogen and oxygen atoms in total. The second-order valence-electron chi connectivity index (χ2n) is 6.56. The molecule has 1 aliphatic rings. The Kier molecular flexibility index (Phi) is 5.00. The van der Waals surface area contributed by atoms with Gasteiger partial charge in [-0.05, 0) is 26.4 Å². The lowest BCUT2D eigenvalue weighted by Crippen LogP contribution is -2.42. The van der Waals surface area contributed by atoms with Crippen molar-refractivity contribution in [2.24, 2.45) is 5.92 Å². The molecule has 6 heteroatoms. The lowest BCUT2D eigenvalue weighted by atomic mass is 10.2. The van der Waals surface area contributed by atoms with Crippen LogP contribution < -0.4 is 10.5 Å². The standard InChI is InChI=1S/C15H26N4O2/c1-11(2)8-18-6-5-16-14(15(18)21)19-10-13(20)7-12(19)9-17(3)4/h5-6,11-13,20H,7-10H2,1-4H3. The van der Waals surface area contributed by atoms with Crippen molar-refractivity contribution in [3.8, 4) is 0 Å². The van der Waals surface area contributed by atoms with Gasteiger partial charge in [0.05, 0.1) is 6.10 Å². The number of aromatic nitrogens is 2. The molecule has 0 spiro atoms. The third-order valence-corrected chi connectivity index (χ3v) is 3.70. The van der Waals surface area contributed by atoms with Gasteiger partial charge in [0.15, 0.2) is 5.82 Å². The van der Waals surface area contributed by atoms with Crippen molar-refractivity contribution in [1.82, 2.24) is 14.5 Å². The minimum atomic E-state index is -0.394. The second-order valence-corrected chi connectivity index (χ2v) is 6.56. The van der Waals surface area contributed by atoms with E-state index in [9.17, 15) is 9.90 Å². The van der Waals surface area contributed by atoms with Gasteiger partial charge in [-0.2, -0.15) is 0 Å². The van der Waals surface area contributed by atoms with Gasteiger partial charge in [-0.3, -0.25) is 4.79 Å². The number of rotatable bonds is 5. The molecule has 0 saturated carbocycles. The van der Waals surface area contributed by atoms with Crippen LogP contribution in [0.2, 0.25) is 0 Å². The Balaban J connectivity index is 2.29. The first kappa shape index (κ1) is 16.0. The van der Waals surface area contributed by atoms with Crippen molar-refractivity contribution in [3.63, 3.8) is 0 Å². The highest BCUT2D eigenvalue weighted by Gasteiger charge is 2.33. The zero-order chi connectivity index (χ0) is 15.6. The molecule has 0 radical (unpaired) electrons. The third kappa shape index (κ3) is 3.83. The summed E-state index contributed by atoms with van der Waals surface area (Å²) >= 11 is 0. The fourth-order valence-corrected chi connectivity index (χ4v) is 2.92. The summed E-state index contributed by atoms with van der Waals surface area (Å²) < 4.78 is 1.71. The van der Waals surface area contributed by atoms with Crippen LogP contribution in [0.15, 0.2) is 17.2 Å². The van der Waals surface area contributed by atoms with Gasteiger partial charge < -0.3 is 19.5 Å². The van der Waals surface area contributed by atoms with Crippen LogP contribution in [0, 0.1) is 5.92 Å². The van der Waals surface area contributed by atoms with Gasteiger partial charge in [0, 0.05) is 38.1 Å². The third-order valence-electron chi connectivity index (χ3n) is 3.70. The molecule has 0 bridgehead atoms. The van der Waals surface area contributed by atoms with E-state index in [1.807, 2.05) is 19.0 Å². The first-order chi connectivity index (χ1) is 9.88. The highest BCUT2D eigenvalue weighted by molar-refractivity contribution is 5.39. The molecule has 2 atom stereocenters. The smallest absolute Gasteiger partial charge is 0.293 e. The van der Waals surface area contributed by atoms with Crippen LogP contribution in [0.25, 0.3) is 0 Å². The van der Waals surface area contributed by atoms with Crippen molar-refractivity contribution in [2.45, 2.75) is 39.0 Å². The first-order valence-corrected chi connectivity index (χ1v) is 7.53. The molecule has 1 aromatic rings. The molecule has 2 unspecified atom stereocenters. The van der Waals surface area contributed by atoms with E-state index in [0.29, 0.717) is 31.2 Å². The molecule has 1 N–H and O–H groups in total. The fraction of sp³-hybridized carbons (Fsp3) is 0.733. The average Bonchev–Trinajstić information content (AvgIpc) is 2.71. The summed E-state index contributed by atoms with van der Waals surface area (Å²) in [6.45, 7) is 6.13. The monoisotopic (exact) mass is 294 g/mol. The van der Waals surface area contributed by atoms with Gasteiger partial charge in [0.2, 0.25) is 0 Å². The highest BCUT2D eigenvalue weighted by Crippen LogP contribution is 2.22. The van der Waals surface area contributed by atoms with Crippen LogP contribution >= 0.6 is 0 Å². The van der Waals surface area contributed by atoms with E-state index in [1.54, 1.807) is 17.0 Å². The molecular formula is C15H26N4O2. The Bertz CT molecular complexity index is 527. The number of hydrogen-bond donors (Lipinski definition) is 1. The fourth-order valence-electron chi connectivity index (χ4n) is 2.92. The number of anilines is 1. The minimum absolute atomic E-state index is 0.0657. The van der Waals surface area contributed by atoms with Crippen molar-refractivity contribution in [1.29, 1.82) is 0 Å².